The molecule has 0 aliphatic carbocycles. The van der Waals surface area contributed by atoms with E-state index < -0.39 is 5.91 Å². The van der Waals surface area contributed by atoms with Gasteiger partial charge in [-0.3, -0.25) is 9.59 Å². The third kappa shape index (κ3) is 6.51. The van der Waals surface area contributed by atoms with Gasteiger partial charge in [-0.05, 0) is 24.6 Å². The summed E-state index contributed by atoms with van der Waals surface area (Å²) in [6, 6.07) is 5.30. The molecule has 0 aromatic heterocycles. The van der Waals surface area contributed by atoms with Gasteiger partial charge < -0.3 is 21.1 Å². The number of hydrogen-bond donors (Lipinski definition) is 3. The van der Waals surface area contributed by atoms with Crippen LogP contribution in [0.5, 0.6) is 0 Å². The van der Waals surface area contributed by atoms with Crippen LogP contribution in [0.25, 0.3) is 0 Å². The van der Waals surface area contributed by atoms with E-state index in [1.165, 1.54) is 0 Å². The van der Waals surface area contributed by atoms with Crippen molar-refractivity contribution in [2.45, 2.75) is 6.92 Å². The van der Waals surface area contributed by atoms with Crippen LogP contribution in [0.4, 0.5) is 5.69 Å². The van der Waals surface area contributed by atoms with Crippen LogP contribution in [-0.2, 0) is 14.3 Å². The number of ether oxygens (including phenoxy) is 1. The zero-order valence-corrected chi connectivity index (χ0v) is 12.0. The molecule has 7 heteroatoms. The van der Waals surface area contributed by atoms with Gasteiger partial charge in [0.1, 0.15) is 6.61 Å². The summed E-state index contributed by atoms with van der Waals surface area (Å²) >= 11 is 5.87. The molecule has 0 aliphatic rings. The number of hydrogen-bond acceptors (Lipinski definition) is 4. The van der Waals surface area contributed by atoms with Crippen molar-refractivity contribution in [2.75, 3.05) is 31.6 Å². The van der Waals surface area contributed by atoms with Crippen molar-refractivity contribution in [2.24, 2.45) is 5.73 Å². The third-order valence-corrected chi connectivity index (χ3v) is 2.66. The molecule has 0 fully saturated rings. The van der Waals surface area contributed by atoms with Gasteiger partial charge in [-0.15, -0.1) is 0 Å². The maximum absolute atomic E-state index is 11.7. The van der Waals surface area contributed by atoms with Crippen LogP contribution in [0.1, 0.15) is 5.56 Å². The summed E-state index contributed by atoms with van der Waals surface area (Å²) in [5.74, 6) is -0.690. The van der Waals surface area contributed by atoms with Crippen LogP contribution >= 0.6 is 11.6 Å². The lowest BCUT2D eigenvalue weighted by molar-refractivity contribution is -0.122. The fraction of sp³-hybridized carbons (Fsp3) is 0.385. The Balaban J connectivity index is 2.23. The number of anilines is 1. The van der Waals surface area contributed by atoms with E-state index in [0.717, 1.165) is 5.56 Å². The smallest absolute Gasteiger partial charge is 0.243 e. The normalized spacial score (nSPS) is 10.3. The Bertz CT molecular complexity index is 480. The monoisotopic (exact) mass is 299 g/mol. The molecule has 0 unspecified atom stereocenters. The van der Waals surface area contributed by atoms with Crippen LogP contribution in [0.15, 0.2) is 18.2 Å². The first kappa shape index (κ1) is 16.4. The van der Waals surface area contributed by atoms with Gasteiger partial charge in [-0.2, -0.15) is 0 Å². The molecule has 0 radical (unpaired) electrons. The molecular weight excluding hydrogens is 282 g/mol. The Morgan fingerprint density at radius 3 is 2.85 bits per heavy atom. The molecule has 0 heterocycles. The molecule has 1 aromatic carbocycles. The number of nitrogens with one attached hydrogen (secondary N) is 2. The fourth-order valence-electron chi connectivity index (χ4n) is 1.44. The average molecular weight is 300 g/mol. The van der Waals surface area contributed by atoms with Gasteiger partial charge in [0, 0.05) is 17.3 Å². The molecule has 1 rings (SSSR count). The van der Waals surface area contributed by atoms with E-state index >= 15 is 0 Å². The van der Waals surface area contributed by atoms with Crippen molar-refractivity contribution in [3.05, 3.63) is 28.8 Å². The summed E-state index contributed by atoms with van der Waals surface area (Å²) in [6.45, 7) is 2.68. The van der Waals surface area contributed by atoms with Crippen LogP contribution < -0.4 is 16.4 Å². The largest absolute Gasteiger partial charge is 0.370 e. The van der Waals surface area contributed by atoms with Gasteiger partial charge >= 0.3 is 0 Å². The van der Waals surface area contributed by atoms with Gasteiger partial charge in [-0.1, -0.05) is 17.7 Å². The third-order valence-electron chi connectivity index (χ3n) is 2.43. The maximum atomic E-state index is 11.7. The summed E-state index contributed by atoms with van der Waals surface area (Å²) in [7, 11) is 0. The van der Waals surface area contributed by atoms with Crippen molar-refractivity contribution in [1.82, 2.24) is 5.32 Å². The van der Waals surface area contributed by atoms with E-state index in [4.69, 9.17) is 22.1 Å². The number of nitrogens with two attached hydrogens (primary N) is 1. The molecule has 0 aliphatic heterocycles. The van der Waals surface area contributed by atoms with Crippen molar-refractivity contribution < 1.29 is 14.3 Å². The highest BCUT2D eigenvalue weighted by molar-refractivity contribution is 6.31. The van der Waals surface area contributed by atoms with Crippen LogP contribution in [0.3, 0.4) is 0 Å². The second kappa shape index (κ2) is 8.52. The lowest BCUT2D eigenvalue weighted by Crippen LogP contribution is -2.31. The van der Waals surface area contributed by atoms with Crippen LogP contribution in [0, 0.1) is 6.92 Å². The number of primary amides is 1. The van der Waals surface area contributed by atoms with Crippen molar-refractivity contribution in [1.29, 1.82) is 0 Å². The molecule has 0 spiro atoms. The predicted octanol–water partition coefficient (Wildman–Crippen LogP) is 0.678. The quantitative estimate of drug-likeness (QED) is 0.615. The summed E-state index contributed by atoms with van der Waals surface area (Å²) in [6.07, 6.45) is 0. The average Bonchev–Trinajstić information content (AvgIpc) is 2.37. The summed E-state index contributed by atoms with van der Waals surface area (Å²) in [5.41, 5.74) is 6.54. The van der Waals surface area contributed by atoms with Gasteiger partial charge in [0.2, 0.25) is 11.8 Å². The summed E-state index contributed by atoms with van der Waals surface area (Å²) in [4.78, 5) is 22.1. The second-order valence-electron chi connectivity index (χ2n) is 4.20. The lowest BCUT2D eigenvalue weighted by atomic mass is 10.2. The molecule has 0 saturated carbocycles. The first-order valence-electron chi connectivity index (χ1n) is 6.12. The molecule has 20 heavy (non-hydrogen) atoms. The predicted molar refractivity (Wildman–Crippen MR) is 77.7 cm³/mol. The number of carbonyl (C=O) groups is 2. The number of benzene rings is 1. The van der Waals surface area contributed by atoms with Crippen LogP contribution in [0.2, 0.25) is 5.02 Å². The minimum absolute atomic E-state index is 0.115. The molecule has 6 nitrogen and oxygen atoms in total. The lowest BCUT2D eigenvalue weighted by Gasteiger charge is -2.09. The standard InChI is InChI=1S/C13H18ClN3O3/c1-9-2-3-10(14)6-11(9)17-13(19)7-16-4-5-20-8-12(15)18/h2-3,6,16H,4-5,7-8H2,1H3,(H2,15,18)(H,17,19). The van der Waals surface area contributed by atoms with E-state index in [1.807, 2.05) is 13.0 Å². The van der Waals surface area contributed by atoms with Crippen LogP contribution in [-0.4, -0.2) is 38.1 Å². The maximum Gasteiger partial charge on any atom is 0.243 e. The Kier molecular flexibility index (Phi) is 7.00. The molecule has 110 valence electrons. The highest BCUT2D eigenvalue weighted by Gasteiger charge is 2.05. The van der Waals surface area contributed by atoms with E-state index in [-0.39, 0.29) is 19.1 Å². The van der Waals surface area contributed by atoms with Gasteiger partial charge in [0.25, 0.3) is 0 Å². The molecule has 0 saturated heterocycles. The van der Waals surface area contributed by atoms with Crippen molar-refractivity contribution in [3.8, 4) is 0 Å². The zero-order chi connectivity index (χ0) is 15.0. The topological polar surface area (TPSA) is 93.4 Å². The molecule has 0 bridgehead atoms. The molecule has 2 amide bonds. The van der Waals surface area contributed by atoms with E-state index in [1.54, 1.807) is 12.1 Å². The molecule has 4 N–H and O–H groups in total. The summed E-state index contributed by atoms with van der Waals surface area (Å²) < 4.78 is 4.94. The Labute approximate surface area is 122 Å². The van der Waals surface area contributed by atoms with E-state index in [9.17, 15) is 9.59 Å². The second-order valence-corrected chi connectivity index (χ2v) is 4.64. The molecule has 0 atom stereocenters. The number of halogens is 1. The number of amides is 2. The molecular formula is C13H18ClN3O3. The number of rotatable bonds is 8. The minimum atomic E-state index is -0.515. The minimum Gasteiger partial charge on any atom is -0.370 e. The highest BCUT2D eigenvalue weighted by Crippen LogP contribution is 2.19. The number of carbonyl (C=O) groups excluding carboxylic acids is 2. The van der Waals surface area contributed by atoms with E-state index in [2.05, 4.69) is 10.6 Å². The van der Waals surface area contributed by atoms with Crippen molar-refractivity contribution >= 4 is 29.1 Å². The number of aryl methyl sites for hydroxylation is 1. The summed E-state index contributed by atoms with van der Waals surface area (Å²) in [5, 5.41) is 6.22. The Hall–Kier alpha value is -1.63. The molecule has 1 aromatic rings. The van der Waals surface area contributed by atoms with Crippen molar-refractivity contribution in [3.63, 3.8) is 0 Å². The first-order chi connectivity index (χ1) is 9.49. The Morgan fingerprint density at radius 1 is 1.40 bits per heavy atom. The van der Waals surface area contributed by atoms with Gasteiger partial charge in [-0.25, -0.2) is 0 Å². The highest BCUT2D eigenvalue weighted by atomic mass is 35.5. The van der Waals surface area contributed by atoms with Gasteiger partial charge in [0.15, 0.2) is 0 Å². The van der Waals surface area contributed by atoms with E-state index in [0.29, 0.717) is 23.9 Å². The SMILES string of the molecule is Cc1ccc(Cl)cc1NC(=O)CNCCOCC(N)=O. The fourth-order valence-corrected chi connectivity index (χ4v) is 1.61. The first-order valence-corrected chi connectivity index (χ1v) is 6.49. The zero-order valence-electron chi connectivity index (χ0n) is 11.2. The Morgan fingerprint density at radius 2 is 2.15 bits per heavy atom. The van der Waals surface area contributed by atoms with Gasteiger partial charge in [0.05, 0.1) is 13.2 Å².